The maximum atomic E-state index is 5.20. The SMILES string of the molecule is Cc1cc(-c2nnco2)ccc1NC(C)c1ccn[nH]1. The second-order valence-corrected chi connectivity index (χ2v) is 4.65. The van der Waals surface area contributed by atoms with E-state index in [-0.39, 0.29) is 6.04 Å². The zero-order chi connectivity index (χ0) is 13.9. The molecule has 0 fully saturated rings. The summed E-state index contributed by atoms with van der Waals surface area (Å²) in [5.41, 5.74) is 4.15. The number of nitrogens with one attached hydrogen (secondary N) is 2. The molecule has 2 N–H and O–H groups in total. The average Bonchev–Trinajstić information content (AvgIpc) is 3.14. The van der Waals surface area contributed by atoms with Crippen LogP contribution in [0.2, 0.25) is 0 Å². The smallest absolute Gasteiger partial charge is 0.247 e. The van der Waals surface area contributed by atoms with Gasteiger partial charge in [-0.15, -0.1) is 10.2 Å². The van der Waals surface area contributed by atoms with Crippen LogP contribution in [-0.4, -0.2) is 20.4 Å². The zero-order valence-corrected chi connectivity index (χ0v) is 11.3. The number of hydrogen-bond donors (Lipinski definition) is 2. The Bertz CT molecular complexity index is 676. The van der Waals surface area contributed by atoms with E-state index in [1.54, 1.807) is 6.20 Å². The first kappa shape index (κ1) is 12.4. The number of aromatic amines is 1. The minimum Gasteiger partial charge on any atom is -0.423 e. The summed E-state index contributed by atoms with van der Waals surface area (Å²) in [7, 11) is 0. The molecule has 0 aliphatic carbocycles. The first-order valence-electron chi connectivity index (χ1n) is 6.37. The second kappa shape index (κ2) is 5.16. The van der Waals surface area contributed by atoms with E-state index in [0.29, 0.717) is 5.89 Å². The Morgan fingerprint density at radius 3 is 2.85 bits per heavy atom. The van der Waals surface area contributed by atoms with Crippen LogP contribution in [0.1, 0.15) is 24.2 Å². The Hall–Kier alpha value is -2.63. The Labute approximate surface area is 116 Å². The third kappa shape index (κ3) is 2.40. The van der Waals surface area contributed by atoms with E-state index >= 15 is 0 Å². The molecule has 102 valence electrons. The van der Waals surface area contributed by atoms with E-state index in [0.717, 1.165) is 22.5 Å². The number of aromatic nitrogens is 4. The standard InChI is InChI=1S/C14H15N5O/c1-9-7-11(14-19-16-8-20-14)3-4-12(9)17-10(2)13-5-6-15-18-13/h3-8,10,17H,1-2H3,(H,15,18). The van der Waals surface area contributed by atoms with Gasteiger partial charge in [0.15, 0.2) is 0 Å². The van der Waals surface area contributed by atoms with E-state index in [1.165, 1.54) is 6.39 Å². The molecule has 0 bridgehead atoms. The molecule has 3 aromatic rings. The van der Waals surface area contributed by atoms with Gasteiger partial charge >= 0.3 is 0 Å². The molecular weight excluding hydrogens is 254 g/mol. The van der Waals surface area contributed by atoms with Crippen molar-refractivity contribution in [1.82, 2.24) is 20.4 Å². The van der Waals surface area contributed by atoms with Gasteiger partial charge in [0, 0.05) is 17.4 Å². The van der Waals surface area contributed by atoms with Gasteiger partial charge in [-0.05, 0) is 43.7 Å². The van der Waals surface area contributed by atoms with Crippen LogP contribution >= 0.6 is 0 Å². The summed E-state index contributed by atoms with van der Waals surface area (Å²) < 4.78 is 5.20. The quantitative estimate of drug-likeness (QED) is 0.761. The van der Waals surface area contributed by atoms with Crippen LogP contribution in [0.5, 0.6) is 0 Å². The predicted octanol–water partition coefficient (Wildman–Crippen LogP) is 2.94. The van der Waals surface area contributed by atoms with Gasteiger partial charge in [0.25, 0.3) is 0 Å². The van der Waals surface area contributed by atoms with Crippen molar-refractivity contribution in [2.75, 3.05) is 5.32 Å². The largest absolute Gasteiger partial charge is 0.423 e. The van der Waals surface area contributed by atoms with Crippen LogP contribution in [0.4, 0.5) is 5.69 Å². The molecule has 1 aromatic carbocycles. The van der Waals surface area contributed by atoms with Gasteiger partial charge in [-0.1, -0.05) is 0 Å². The lowest BCUT2D eigenvalue weighted by molar-refractivity contribution is 0.568. The third-order valence-electron chi connectivity index (χ3n) is 3.19. The monoisotopic (exact) mass is 269 g/mol. The van der Waals surface area contributed by atoms with Gasteiger partial charge in [0.05, 0.1) is 11.7 Å². The number of H-pyrrole nitrogens is 1. The Balaban J connectivity index is 1.81. The van der Waals surface area contributed by atoms with Crippen LogP contribution in [0.15, 0.2) is 41.3 Å². The average molecular weight is 269 g/mol. The molecule has 6 nitrogen and oxygen atoms in total. The van der Waals surface area contributed by atoms with Crippen molar-refractivity contribution in [3.8, 4) is 11.5 Å². The topological polar surface area (TPSA) is 79.6 Å². The summed E-state index contributed by atoms with van der Waals surface area (Å²) >= 11 is 0. The van der Waals surface area contributed by atoms with Crippen molar-refractivity contribution in [2.45, 2.75) is 19.9 Å². The van der Waals surface area contributed by atoms with Gasteiger partial charge in [-0.3, -0.25) is 5.10 Å². The molecule has 0 aliphatic heterocycles. The van der Waals surface area contributed by atoms with E-state index in [1.807, 2.05) is 31.2 Å². The minimum absolute atomic E-state index is 0.158. The normalized spacial score (nSPS) is 12.3. The molecule has 0 amide bonds. The van der Waals surface area contributed by atoms with Crippen LogP contribution in [0.3, 0.4) is 0 Å². The van der Waals surface area contributed by atoms with Crippen molar-refractivity contribution in [1.29, 1.82) is 0 Å². The fraction of sp³-hybridized carbons (Fsp3) is 0.214. The molecule has 0 saturated heterocycles. The minimum atomic E-state index is 0.158. The first-order chi connectivity index (χ1) is 9.74. The summed E-state index contributed by atoms with van der Waals surface area (Å²) in [6.45, 7) is 4.13. The molecule has 0 spiro atoms. The van der Waals surface area contributed by atoms with Crippen LogP contribution in [-0.2, 0) is 0 Å². The highest BCUT2D eigenvalue weighted by Crippen LogP contribution is 2.25. The van der Waals surface area contributed by atoms with Crippen molar-refractivity contribution < 1.29 is 4.42 Å². The molecule has 2 heterocycles. The third-order valence-corrected chi connectivity index (χ3v) is 3.19. The fourth-order valence-electron chi connectivity index (χ4n) is 2.08. The van der Waals surface area contributed by atoms with Crippen LogP contribution < -0.4 is 5.32 Å². The highest BCUT2D eigenvalue weighted by atomic mass is 16.4. The molecule has 1 unspecified atom stereocenters. The molecule has 1 atom stereocenters. The molecule has 6 heteroatoms. The van der Waals surface area contributed by atoms with Crippen molar-refractivity contribution >= 4 is 5.69 Å². The summed E-state index contributed by atoms with van der Waals surface area (Å²) in [5.74, 6) is 0.529. The van der Waals surface area contributed by atoms with Gasteiger partial charge in [-0.2, -0.15) is 5.10 Å². The maximum Gasteiger partial charge on any atom is 0.247 e. The lowest BCUT2D eigenvalue weighted by atomic mass is 10.1. The van der Waals surface area contributed by atoms with Crippen LogP contribution in [0, 0.1) is 6.92 Å². The predicted molar refractivity (Wildman–Crippen MR) is 75.1 cm³/mol. The van der Waals surface area contributed by atoms with E-state index in [4.69, 9.17) is 4.42 Å². The number of nitrogens with zero attached hydrogens (tertiary/aromatic N) is 3. The second-order valence-electron chi connectivity index (χ2n) is 4.65. The first-order valence-corrected chi connectivity index (χ1v) is 6.37. The van der Waals surface area contributed by atoms with E-state index in [9.17, 15) is 0 Å². The molecule has 0 saturated carbocycles. The summed E-state index contributed by atoms with van der Waals surface area (Å²) in [6, 6.07) is 8.12. The zero-order valence-electron chi connectivity index (χ0n) is 11.3. The molecule has 2 aromatic heterocycles. The Morgan fingerprint density at radius 1 is 1.30 bits per heavy atom. The van der Waals surface area contributed by atoms with Crippen molar-refractivity contribution in [3.05, 3.63) is 48.1 Å². The molecular formula is C14H15N5O. The van der Waals surface area contributed by atoms with E-state index in [2.05, 4.69) is 32.6 Å². The number of rotatable bonds is 4. The number of anilines is 1. The fourth-order valence-corrected chi connectivity index (χ4v) is 2.08. The van der Waals surface area contributed by atoms with Crippen molar-refractivity contribution in [3.63, 3.8) is 0 Å². The van der Waals surface area contributed by atoms with Gasteiger partial charge in [-0.25, -0.2) is 0 Å². The molecule has 0 aliphatic rings. The summed E-state index contributed by atoms with van der Waals surface area (Å²) in [5, 5.41) is 18.0. The van der Waals surface area contributed by atoms with Crippen LogP contribution in [0.25, 0.3) is 11.5 Å². The lowest BCUT2D eigenvalue weighted by Crippen LogP contribution is -2.08. The number of aryl methyl sites for hydroxylation is 1. The van der Waals surface area contributed by atoms with Crippen molar-refractivity contribution in [2.24, 2.45) is 0 Å². The highest BCUT2D eigenvalue weighted by Gasteiger charge is 2.10. The highest BCUT2D eigenvalue weighted by molar-refractivity contribution is 5.62. The van der Waals surface area contributed by atoms with E-state index < -0.39 is 0 Å². The van der Waals surface area contributed by atoms with Gasteiger partial charge in [0.2, 0.25) is 12.3 Å². The summed E-state index contributed by atoms with van der Waals surface area (Å²) in [6.07, 6.45) is 3.08. The van der Waals surface area contributed by atoms with Gasteiger partial charge in [0.1, 0.15) is 0 Å². The molecule has 0 radical (unpaired) electrons. The van der Waals surface area contributed by atoms with Gasteiger partial charge < -0.3 is 9.73 Å². The molecule has 3 rings (SSSR count). The Kier molecular flexibility index (Phi) is 3.20. The summed E-state index contributed by atoms with van der Waals surface area (Å²) in [4.78, 5) is 0. The lowest BCUT2D eigenvalue weighted by Gasteiger charge is -2.16. The number of benzene rings is 1. The maximum absolute atomic E-state index is 5.20. The number of hydrogen-bond acceptors (Lipinski definition) is 5. The Morgan fingerprint density at radius 2 is 2.20 bits per heavy atom. The molecule has 20 heavy (non-hydrogen) atoms.